The van der Waals surface area contributed by atoms with Crippen molar-refractivity contribution in [1.29, 1.82) is 0 Å². The van der Waals surface area contributed by atoms with Gasteiger partial charge < -0.3 is 9.73 Å². The predicted molar refractivity (Wildman–Crippen MR) is 246 cm³/mol. The lowest BCUT2D eigenvalue weighted by Crippen LogP contribution is -2.36. The fourth-order valence-corrected chi connectivity index (χ4v) is 9.01. The topological polar surface area (TPSA) is 49.9 Å². The predicted octanol–water partition coefficient (Wildman–Crippen LogP) is 14.0. The zero-order valence-corrected chi connectivity index (χ0v) is 31.9. The quantitative estimate of drug-likeness (QED) is 0.178. The van der Waals surface area contributed by atoms with Gasteiger partial charge in [-0.15, -0.1) is 0 Å². The minimum absolute atomic E-state index is 0.473. The van der Waals surface area contributed by atoms with E-state index in [1.807, 2.05) is 6.07 Å². The van der Waals surface area contributed by atoms with Gasteiger partial charge in [-0.05, 0) is 95.7 Å². The van der Waals surface area contributed by atoms with Gasteiger partial charge in [0.2, 0.25) is 0 Å². The Morgan fingerprint density at radius 2 is 0.983 bits per heavy atom. The van der Waals surface area contributed by atoms with Crippen LogP contribution in [-0.2, 0) is 0 Å². The second-order valence-corrected chi connectivity index (χ2v) is 15.3. The molecule has 0 spiro atoms. The normalized spacial score (nSPS) is 14.3. The van der Waals surface area contributed by atoms with Gasteiger partial charge in [0.15, 0.2) is 6.17 Å². The number of nitrogens with one attached hydrogen (secondary N) is 1. The molecule has 1 aliphatic heterocycles. The van der Waals surface area contributed by atoms with Gasteiger partial charge >= 0.3 is 0 Å². The largest absolute Gasteiger partial charge is 0.456 e. The van der Waals surface area contributed by atoms with Gasteiger partial charge in [0.25, 0.3) is 0 Å². The van der Waals surface area contributed by atoms with Crippen molar-refractivity contribution in [2.75, 3.05) is 0 Å². The van der Waals surface area contributed by atoms with Crippen LogP contribution in [0.1, 0.15) is 22.9 Å². The smallest absolute Gasteiger partial charge is 0.170 e. The molecule has 10 aromatic carbocycles. The molecule has 0 saturated carbocycles. The highest BCUT2D eigenvalue weighted by Crippen LogP contribution is 2.43. The molecule has 1 atom stereocenters. The van der Waals surface area contributed by atoms with Crippen LogP contribution in [0.3, 0.4) is 0 Å². The fourth-order valence-electron chi connectivity index (χ4n) is 9.01. The number of nitrogens with zero attached hydrogens (tertiary/aromatic N) is 2. The molecule has 59 heavy (non-hydrogen) atoms. The lowest BCUT2D eigenvalue weighted by Gasteiger charge is -2.24. The zero-order valence-electron chi connectivity index (χ0n) is 31.9. The van der Waals surface area contributed by atoms with Gasteiger partial charge in [-0.2, -0.15) is 0 Å². The highest BCUT2D eigenvalue weighted by Gasteiger charge is 2.24. The lowest BCUT2D eigenvalue weighted by atomic mass is 9.91. The molecular weight excluding hydrogens is 719 g/mol. The third-order valence-corrected chi connectivity index (χ3v) is 11.9. The summed E-state index contributed by atoms with van der Waals surface area (Å²) in [4.78, 5) is 10.7. The van der Waals surface area contributed by atoms with Crippen molar-refractivity contribution >= 4 is 76.7 Å². The van der Waals surface area contributed by atoms with Crippen molar-refractivity contribution in [1.82, 2.24) is 5.32 Å². The number of hydrogen-bond donors (Lipinski definition) is 1. The van der Waals surface area contributed by atoms with Gasteiger partial charge in [0.05, 0.1) is 0 Å². The lowest BCUT2D eigenvalue weighted by molar-refractivity contribution is 0.669. The fraction of sp³-hybridized carbons (Fsp3) is 0.0182. The number of hydrogen-bond acceptors (Lipinski definition) is 4. The highest BCUT2D eigenvalue weighted by atomic mass is 16.3. The van der Waals surface area contributed by atoms with Crippen molar-refractivity contribution in [2.45, 2.75) is 6.17 Å². The SMILES string of the molecule is c1ccc(C2=NC(c3ccc(-c4cccc5oc6ccc(-c7ccc8ccccc8c7)cc6c45)c4ccccc34)N=C(c3ccc4ccc5ccccc5c4c3)N2)cc1. The van der Waals surface area contributed by atoms with E-state index in [4.69, 9.17) is 14.4 Å². The molecule has 12 rings (SSSR count). The Hall–Kier alpha value is -7.82. The Morgan fingerprint density at radius 1 is 0.356 bits per heavy atom. The van der Waals surface area contributed by atoms with Crippen LogP contribution in [0.25, 0.3) is 87.3 Å². The summed E-state index contributed by atoms with van der Waals surface area (Å²) in [6, 6.07) is 71.2. The van der Waals surface area contributed by atoms with E-state index in [0.29, 0.717) is 0 Å². The van der Waals surface area contributed by atoms with E-state index in [9.17, 15) is 0 Å². The van der Waals surface area contributed by atoms with Crippen LogP contribution >= 0.6 is 0 Å². The molecule has 276 valence electrons. The highest BCUT2D eigenvalue weighted by molar-refractivity contribution is 6.19. The van der Waals surface area contributed by atoms with Crippen molar-refractivity contribution in [2.24, 2.45) is 9.98 Å². The first-order valence-electron chi connectivity index (χ1n) is 20.1. The number of amidine groups is 2. The van der Waals surface area contributed by atoms with E-state index in [-0.39, 0.29) is 0 Å². The molecule has 0 bridgehead atoms. The third-order valence-electron chi connectivity index (χ3n) is 11.9. The maximum atomic E-state index is 6.52. The number of rotatable bonds is 5. The second-order valence-electron chi connectivity index (χ2n) is 15.3. The molecule has 0 aliphatic carbocycles. The van der Waals surface area contributed by atoms with Crippen molar-refractivity contribution < 1.29 is 4.42 Å². The maximum Gasteiger partial charge on any atom is 0.170 e. The third kappa shape index (κ3) is 5.60. The average molecular weight is 754 g/mol. The zero-order chi connectivity index (χ0) is 38.9. The summed E-state index contributed by atoms with van der Waals surface area (Å²) in [5, 5.41) is 15.4. The molecule has 0 radical (unpaired) electrons. The molecule has 1 unspecified atom stereocenters. The summed E-state index contributed by atoms with van der Waals surface area (Å²) in [5.41, 5.74) is 9.43. The number of furan rings is 1. The van der Waals surface area contributed by atoms with Crippen molar-refractivity contribution in [3.8, 4) is 22.3 Å². The summed E-state index contributed by atoms with van der Waals surface area (Å²) < 4.78 is 6.52. The van der Waals surface area contributed by atoms with E-state index in [1.54, 1.807) is 0 Å². The van der Waals surface area contributed by atoms with Crippen LogP contribution in [0.5, 0.6) is 0 Å². The first-order chi connectivity index (χ1) is 29.2. The molecule has 0 amide bonds. The Balaban J connectivity index is 1.01. The van der Waals surface area contributed by atoms with Crippen molar-refractivity contribution in [3.63, 3.8) is 0 Å². The minimum Gasteiger partial charge on any atom is -0.456 e. The average Bonchev–Trinajstić information content (AvgIpc) is 3.69. The van der Waals surface area contributed by atoms with Crippen LogP contribution in [0, 0.1) is 0 Å². The van der Waals surface area contributed by atoms with Crippen LogP contribution in [0.4, 0.5) is 0 Å². The first-order valence-corrected chi connectivity index (χ1v) is 20.1. The van der Waals surface area contributed by atoms with Gasteiger partial charge in [-0.25, -0.2) is 9.98 Å². The standard InChI is InChI=1S/C55H35N3O/c1-2-13-37(14-3-1)53-56-54(41-26-24-36-23-22-35-12-6-7-16-42(35)48(36)33-41)58-55(57-53)47-29-28-45(43-17-8-9-18-44(43)47)46-19-10-20-51-52(46)49-32-40(27-30-50(49)59-51)39-25-21-34-11-4-5-15-38(34)31-39/h1-33,55H,(H,56,57,58). The molecule has 4 heteroatoms. The molecule has 1 aromatic heterocycles. The molecule has 0 fully saturated rings. The molecular formula is C55H35N3O. The summed E-state index contributed by atoms with van der Waals surface area (Å²) >= 11 is 0. The Labute approximate surface area is 340 Å². The molecule has 1 N–H and O–H groups in total. The first kappa shape index (κ1) is 33.3. The molecule has 0 saturated heterocycles. The number of benzene rings is 10. The van der Waals surface area contributed by atoms with Gasteiger partial charge in [0, 0.05) is 27.5 Å². The Kier molecular flexibility index (Phi) is 7.57. The van der Waals surface area contributed by atoms with E-state index >= 15 is 0 Å². The van der Waals surface area contributed by atoms with Crippen LogP contribution in [0.2, 0.25) is 0 Å². The minimum atomic E-state index is -0.473. The monoisotopic (exact) mass is 753 g/mol. The summed E-state index contributed by atoms with van der Waals surface area (Å²) in [6.45, 7) is 0. The van der Waals surface area contributed by atoms with E-state index in [2.05, 4.69) is 199 Å². The van der Waals surface area contributed by atoms with E-state index < -0.39 is 6.17 Å². The Bertz CT molecular complexity index is 3540. The van der Waals surface area contributed by atoms with Gasteiger partial charge in [0.1, 0.15) is 22.8 Å². The van der Waals surface area contributed by atoms with Crippen LogP contribution in [0.15, 0.2) is 215 Å². The molecule has 2 heterocycles. The van der Waals surface area contributed by atoms with E-state index in [1.165, 1.54) is 37.9 Å². The van der Waals surface area contributed by atoms with Crippen molar-refractivity contribution in [3.05, 3.63) is 217 Å². The summed E-state index contributed by atoms with van der Waals surface area (Å²) in [7, 11) is 0. The number of aliphatic imine (C=N–C) groups is 2. The second kappa shape index (κ2) is 13.4. The summed E-state index contributed by atoms with van der Waals surface area (Å²) in [6.07, 6.45) is -0.473. The summed E-state index contributed by atoms with van der Waals surface area (Å²) in [5.74, 6) is 1.59. The van der Waals surface area contributed by atoms with Gasteiger partial charge in [-0.1, -0.05) is 170 Å². The molecule has 11 aromatic rings. The van der Waals surface area contributed by atoms with E-state index in [0.717, 1.165) is 77.8 Å². The molecule has 4 nitrogen and oxygen atoms in total. The van der Waals surface area contributed by atoms with Gasteiger partial charge in [-0.3, -0.25) is 0 Å². The maximum absolute atomic E-state index is 6.52. The van der Waals surface area contributed by atoms with Crippen LogP contribution < -0.4 is 5.32 Å². The Morgan fingerprint density at radius 3 is 1.85 bits per heavy atom. The van der Waals surface area contributed by atoms with Crippen LogP contribution in [-0.4, -0.2) is 11.7 Å². The number of fused-ring (bicyclic) bond motifs is 8. The molecule has 1 aliphatic rings.